The van der Waals surface area contributed by atoms with Crippen molar-refractivity contribution < 1.29 is 31.1 Å². The average Bonchev–Trinajstić information content (AvgIpc) is 2.40. The van der Waals surface area contributed by atoms with Gasteiger partial charge in [-0.25, -0.2) is 4.39 Å². The summed E-state index contributed by atoms with van der Waals surface area (Å²) in [4.78, 5) is 0. The minimum Gasteiger partial charge on any atom is -0.432 e. The quantitative estimate of drug-likeness (QED) is 0.716. The van der Waals surface area contributed by atoms with Crippen molar-refractivity contribution in [3.8, 4) is 16.9 Å². The van der Waals surface area contributed by atoms with E-state index in [-0.39, 0.29) is 11.1 Å². The molecule has 7 heteroatoms. The van der Waals surface area contributed by atoms with Crippen LogP contribution in [0.1, 0.15) is 5.56 Å². The SMILES string of the molecule is Fc1cc(-c2ccccc2C(F)(F)F)ccc1OC(F)F. The van der Waals surface area contributed by atoms with Crippen LogP contribution in [0.15, 0.2) is 42.5 Å². The minimum atomic E-state index is -4.61. The van der Waals surface area contributed by atoms with Crippen LogP contribution in [0.25, 0.3) is 11.1 Å². The van der Waals surface area contributed by atoms with Crippen LogP contribution in [-0.4, -0.2) is 6.61 Å². The smallest absolute Gasteiger partial charge is 0.417 e. The monoisotopic (exact) mass is 306 g/mol. The number of benzene rings is 2. The largest absolute Gasteiger partial charge is 0.432 e. The molecule has 0 fully saturated rings. The number of alkyl halides is 5. The number of hydrogen-bond donors (Lipinski definition) is 0. The summed E-state index contributed by atoms with van der Waals surface area (Å²) in [6.07, 6.45) is -4.61. The first kappa shape index (κ1) is 15.2. The van der Waals surface area contributed by atoms with E-state index in [4.69, 9.17) is 0 Å². The lowest BCUT2D eigenvalue weighted by atomic mass is 9.99. The second-order valence-corrected chi connectivity index (χ2v) is 4.07. The van der Waals surface area contributed by atoms with Crippen molar-refractivity contribution in [3.63, 3.8) is 0 Å². The molecule has 0 aliphatic carbocycles. The van der Waals surface area contributed by atoms with Gasteiger partial charge in [-0.05, 0) is 29.3 Å². The summed E-state index contributed by atoms with van der Waals surface area (Å²) < 4.78 is 80.1. The molecule has 0 unspecified atom stereocenters. The third kappa shape index (κ3) is 3.48. The van der Waals surface area contributed by atoms with Gasteiger partial charge in [0.1, 0.15) is 0 Å². The van der Waals surface area contributed by atoms with Gasteiger partial charge in [0, 0.05) is 0 Å². The van der Waals surface area contributed by atoms with Gasteiger partial charge in [0.25, 0.3) is 0 Å². The summed E-state index contributed by atoms with van der Waals surface area (Å²) in [6, 6.07) is 7.28. The van der Waals surface area contributed by atoms with Crippen molar-refractivity contribution in [2.24, 2.45) is 0 Å². The molecule has 0 aromatic heterocycles. The lowest BCUT2D eigenvalue weighted by Gasteiger charge is -2.13. The van der Waals surface area contributed by atoms with Crippen LogP contribution in [0, 0.1) is 5.82 Å². The molecular weight excluding hydrogens is 298 g/mol. The van der Waals surface area contributed by atoms with E-state index in [2.05, 4.69) is 4.74 Å². The van der Waals surface area contributed by atoms with E-state index in [1.165, 1.54) is 18.2 Å². The second kappa shape index (κ2) is 5.67. The van der Waals surface area contributed by atoms with Gasteiger partial charge >= 0.3 is 12.8 Å². The van der Waals surface area contributed by atoms with Crippen molar-refractivity contribution in [2.45, 2.75) is 12.8 Å². The molecule has 21 heavy (non-hydrogen) atoms. The molecule has 2 aromatic carbocycles. The van der Waals surface area contributed by atoms with Crippen molar-refractivity contribution in [1.82, 2.24) is 0 Å². The molecule has 0 aliphatic rings. The Kier molecular flexibility index (Phi) is 4.11. The zero-order valence-electron chi connectivity index (χ0n) is 10.3. The van der Waals surface area contributed by atoms with Crippen LogP contribution in [-0.2, 0) is 6.18 Å². The molecule has 0 amide bonds. The van der Waals surface area contributed by atoms with Gasteiger partial charge < -0.3 is 4.74 Å². The molecule has 0 atom stereocenters. The lowest BCUT2D eigenvalue weighted by molar-refractivity contribution is -0.137. The maximum absolute atomic E-state index is 13.6. The van der Waals surface area contributed by atoms with Gasteiger partial charge in [0.2, 0.25) is 0 Å². The van der Waals surface area contributed by atoms with Gasteiger partial charge in [0.15, 0.2) is 11.6 Å². The lowest BCUT2D eigenvalue weighted by Crippen LogP contribution is -2.07. The van der Waals surface area contributed by atoms with Crippen LogP contribution < -0.4 is 4.74 Å². The van der Waals surface area contributed by atoms with Crippen LogP contribution >= 0.6 is 0 Å². The van der Waals surface area contributed by atoms with Gasteiger partial charge in [-0.2, -0.15) is 22.0 Å². The summed E-state index contributed by atoms with van der Waals surface area (Å²) in [6.45, 7) is -3.21. The van der Waals surface area contributed by atoms with Gasteiger partial charge in [-0.15, -0.1) is 0 Å². The molecule has 0 aliphatic heterocycles. The highest BCUT2D eigenvalue weighted by atomic mass is 19.4. The van der Waals surface area contributed by atoms with Gasteiger partial charge in [-0.1, -0.05) is 24.3 Å². The maximum Gasteiger partial charge on any atom is 0.417 e. The molecule has 2 rings (SSSR count). The first-order valence-corrected chi connectivity index (χ1v) is 5.70. The first-order valence-electron chi connectivity index (χ1n) is 5.70. The molecular formula is C14H8F6O. The normalized spacial score (nSPS) is 11.8. The Bertz CT molecular complexity index is 636. The first-order chi connectivity index (χ1) is 9.79. The Morgan fingerprint density at radius 3 is 2.19 bits per heavy atom. The zero-order valence-corrected chi connectivity index (χ0v) is 10.3. The maximum atomic E-state index is 13.6. The van der Waals surface area contributed by atoms with E-state index < -0.39 is 29.9 Å². The molecule has 1 nitrogen and oxygen atoms in total. The van der Waals surface area contributed by atoms with Crippen LogP contribution in [0.4, 0.5) is 26.3 Å². The van der Waals surface area contributed by atoms with Crippen molar-refractivity contribution >= 4 is 0 Å². The van der Waals surface area contributed by atoms with E-state index in [1.54, 1.807) is 0 Å². The third-order valence-corrected chi connectivity index (χ3v) is 2.69. The highest BCUT2D eigenvalue weighted by molar-refractivity contribution is 5.68. The Morgan fingerprint density at radius 2 is 1.62 bits per heavy atom. The highest BCUT2D eigenvalue weighted by Crippen LogP contribution is 2.37. The van der Waals surface area contributed by atoms with Crippen molar-refractivity contribution in [3.05, 3.63) is 53.8 Å². The third-order valence-electron chi connectivity index (χ3n) is 2.69. The summed E-state index contributed by atoms with van der Waals surface area (Å²) in [5, 5.41) is 0. The van der Waals surface area contributed by atoms with Gasteiger partial charge in [-0.3, -0.25) is 0 Å². The molecule has 0 heterocycles. The average molecular weight is 306 g/mol. The summed E-state index contributed by atoms with van der Waals surface area (Å²) >= 11 is 0. The number of hydrogen-bond acceptors (Lipinski definition) is 1. The van der Waals surface area contributed by atoms with Crippen molar-refractivity contribution in [2.75, 3.05) is 0 Å². The van der Waals surface area contributed by atoms with Crippen LogP contribution in [0.5, 0.6) is 5.75 Å². The standard InChI is InChI=1S/C14H8F6O/c15-11-7-8(5-6-12(11)21-13(16)17)9-3-1-2-4-10(9)14(18,19)20/h1-7,13H. The Morgan fingerprint density at radius 1 is 0.952 bits per heavy atom. The van der Waals surface area contributed by atoms with E-state index in [9.17, 15) is 26.3 Å². The van der Waals surface area contributed by atoms with E-state index in [0.29, 0.717) is 0 Å². The fraction of sp³-hybridized carbons (Fsp3) is 0.143. The van der Waals surface area contributed by atoms with Crippen LogP contribution in [0.3, 0.4) is 0 Å². The second-order valence-electron chi connectivity index (χ2n) is 4.07. The predicted molar refractivity (Wildman–Crippen MR) is 63.5 cm³/mol. The van der Waals surface area contributed by atoms with Crippen LogP contribution in [0.2, 0.25) is 0 Å². The molecule has 0 radical (unpaired) electrons. The highest BCUT2D eigenvalue weighted by Gasteiger charge is 2.33. The Labute approximate surface area is 115 Å². The van der Waals surface area contributed by atoms with E-state index in [1.807, 2.05) is 0 Å². The van der Waals surface area contributed by atoms with E-state index in [0.717, 1.165) is 24.3 Å². The molecule has 0 N–H and O–H groups in total. The summed E-state index contributed by atoms with van der Waals surface area (Å²) in [5.74, 6) is -1.89. The van der Waals surface area contributed by atoms with E-state index >= 15 is 0 Å². The molecule has 0 bridgehead atoms. The fourth-order valence-corrected chi connectivity index (χ4v) is 1.84. The summed E-state index contributed by atoms with van der Waals surface area (Å²) in [7, 11) is 0. The molecule has 2 aromatic rings. The number of ether oxygens (including phenoxy) is 1. The minimum absolute atomic E-state index is 0.0814. The number of halogens is 6. The van der Waals surface area contributed by atoms with Crippen molar-refractivity contribution in [1.29, 1.82) is 0 Å². The Hall–Kier alpha value is -2.18. The molecule has 0 saturated carbocycles. The molecule has 112 valence electrons. The Balaban J connectivity index is 2.47. The van der Waals surface area contributed by atoms with Gasteiger partial charge in [0.05, 0.1) is 5.56 Å². The zero-order chi connectivity index (χ0) is 15.6. The topological polar surface area (TPSA) is 9.23 Å². The molecule has 0 spiro atoms. The summed E-state index contributed by atoms with van der Waals surface area (Å²) in [5.41, 5.74) is -1.26. The molecule has 0 saturated heterocycles. The number of rotatable bonds is 3. The fourth-order valence-electron chi connectivity index (χ4n) is 1.84. The predicted octanol–water partition coefficient (Wildman–Crippen LogP) is 5.11.